The van der Waals surface area contributed by atoms with Crippen LogP contribution in [-0.4, -0.2) is 34.5 Å². The molecule has 4 aromatic rings. The molecule has 3 aliphatic heterocycles. The summed E-state index contributed by atoms with van der Waals surface area (Å²) in [5, 5.41) is 7.92. The third-order valence-corrected chi connectivity index (χ3v) is 8.85. The van der Waals surface area contributed by atoms with E-state index in [9.17, 15) is 19.2 Å². The lowest BCUT2D eigenvalue weighted by molar-refractivity contribution is -0.130. The molecule has 8 nitrogen and oxygen atoms in total. The number of rotatable bonds is 4. The summed E-state index contributed by atoms with van der Waals surface area (Å²) in [4.78, 5) is 58.5. The van der Waals surface area contributed by atoms with Gasteiger partial charge in [-0.2, -0.15) is 0 Å². The topological polar surface area (TPSA) is 111 Å². The van der Waals surface area contributed by atoms with Crippen LogP contribution in [0, 0.1) is 18.8 Å². The second kappa shape index (κ2) is 8.61. The van der Waals surface area contributed by atoms with Gasteiger partial charge in [-0.15, -0.1) is 0 Å². The Bertz CT molecular complexity index is 1780. The number of imide groups is 1. The standard InChI is InChI=1S/C31H25ClN4O4/c1-15-11-19(32)13-22-27(15)34-30(40)31(22)26-25(24(35-31)12-18-14-33-23-6-4-3-5-21(18)23)28(38)36(29(26)39)20-9-7-17(8-10-20)16(2)37/h3-11,13-14,24-26,33,35H,12H2,1-2H3,(H,34,40)/t24-,25-,26+,31+/m1/s1. The van der Waals surface area contributed by atoms with E-state index in [0.717, 1.165) is 22.0 Å². The Kier molecular flexibility index (Phi) is 5.33. The summed E-state index contributed by atoms with van der Waals surface area (Å²) in [7, 11) is 0. The summed E-state index contributed by atoms with van der Waals surface area (Å²) in [6, 6.07) is 17.3. The van der Waals surface area contributed by atoms with E-state index in [4.69, 9.17) is 11.6 Å². The summed E-state index contributed by atoms with van der Waals surface area (Å²) in [6.07, 6.45) is 2.33. The van der Waals surface area contributed by atoms with Gasteiger partial charge >= 0.3 is 0 Å². The minimum Gasteiger partial charge on any atom is -0.361 e. The number of amides is 3. The molecule has 4 heterocycles. The van der Waals surface area contributed by atoms with Crippen molar-refractivity contribution in [3.05, 3.63) is 94.1 Å². The zero-order valence-electron chi connectivity index (χ0n) is 21.7. The first kappa shape index (κ1) is 24.7. The molecule has 0 unspecified atom stereocenters. The smallest absolute Gasteiger partial charge is 0.250 e. The van der Waals surface area contributed by atoms with Crippen molar-refractivity contribution >= 4 is 57.4 Å². The molecule has 40 heavy (non-hydrogen) atoms. The number of aromatic nitrogens is 1. The number of fused-ring (bicyclic) bond motifs is 5. The molecule has 0 saturated carbocycles. The van der Waals surface area contributed by atoms with Gasteiger partial charge in [-0.1, -0.05) is 29.8 Å². The summed E-state index contributed by atoms with van der Waals surface area (Å²) < 4.78 is 0. The molecule has 0 bridgehead atoms. The normalized spacial score (nSPS) is 25.1. The summed E-state index contributed by atoms with van der Waals surface area (Å²) in [5.41, 5.74) is 3.30. The van der Waals surface area contributed by atoms with E-state index >= 15 is 0 Å². The SMILES string of the molecule is CC(=O)c1ccc(N2C(=O)[C@H]3[C@@H](C2=O)[C@]2(N[C@@H]3Cc3c[nH]c4ccccc34)C(=O)Nc3c(C)cc(Cl)cc32)cc1. The van der Waals surface area contributed by atoms with Crippen LogP contribution in [0.15, 0.2) is 66.9 Å². The zero-order valence-corrected chi connectivity index (χ0v) is 22.5. The first-order valence-corrected chi connectivity index (χ1v) is 13.5. The lowest BCUT2D eigenvalue weighted by Gasteiger charge is -2.29. The lowest BCUT2D eigenvalue weighted by Crippen LogP contribution is -2.53. The molecule has 1 aromatic heterocycles. The highest BCUT2D eigenvalue weighted by Crippen LogP contribution is 2.55. The van der Waals surface area contributed by atoms with E-state index in [2.05, 4.69) is 15.6 Å². The Hall–Kier alpha value is -4.27. The van der Waals surface area contributed by atoms with Crippen LogP contribution >= 0.6 is 11.6 Å². The number of hydrogen-bond acceptors (Lipinski definition) is 5. The highest BCUT2D eigenvalue weighted by atomic mass is 35.5. The van der Waals surface area contributed by atoms with Crippen molar-refractivity contribution in [3.63, 3.8) is 0 Å². The quantitative estimate of drug-likeness (QED) is 0.255. The summed E-state index contributed by atoms with van der Waals surface area (Å²) in [6.45, 7) is 3.31. The van der Waals surface area contributed by atoms with Crippen LogP contribution in [0.1, 0.15) is 34.0 Å². The molecular weight excluding hydrogens is 528 g/mol. The van der Waals surface area contributed by atoms with E-state index in [1.165, 1.54) is 11.8 Å². The number of aryl methyl sites for hydroxylation is 1. The van der Waals surface area contributed by atoms with Gasteiger partial charge in [-0.05, 0) is 73.9 Å². The van der Waals surface area contributed by atoms with Crippen LogP contribution in [-0.2, 0) is 26.3 Å². The number of aromatic amines is 1. The van der Waals surface area contributed by atoms with Crippen molar-refractivity contribution in [1.82, 2.24) is 10.3 Å². The number of Topliss-reactive ketones (excluding diaryl/α,β-unsaturated/α-hetero) is 1. The molecular formula is C31H25ClN4O4. The van der Waals surface area contributed by atoms with Gasteiger partial charge in [0.1, 0.15) is 5.54 Å². The van der Waals surface area contributed by atoms with Crippen molar-refractivity contribution in [2.24, 2.45) is 11.8 Å². The molecule has 2 saturated heterocycles. The van der Waals surface area contributed by atoms with Crippen LogP contribution < -0.4 is 15.5 Å². The van der Waals surface area contributed by atoms with Crippen LogP contribution in [0.4, 0.5) is 11.4 Å². The van der Waals surface area contributed by atoms with E-state index in [0.29, 0.717) is 33.9 Å². The van der Waals surface area contributed by atoms with Crippen molar-refractivity contribution in [1.29, 1.82) is 0 Å². The Morgan fingerprint density at radius 2 is 1.77 bits per heavy atom. The number of nitrogens with one attached hydrogen (secondary N) is 3. The van der Waals surface area contributed by atoms with E-state index in [1.54, 1.807) is 36.4 Å². The maximum Gasteiger partial charge on any atom is 0.250 e. The van der Waals surface area contributed by atoms with E-state index in [1.807, 2.05) is 37.4 Å². The molecule has 3 aromatic carbocycles. The molecule has 2 fully saturated rings. The van der Waals surface area contributed by atoms with Gasteiger partial charge in [0.25, 0.3) is 0 Å². The van der Waals surface area contributed by atoms with Gasteiger partial charge in [0.2, 0.25) is 17.7 Å². The molecule has 200 valence electrons. The second-order valence-electron chi connectivity index (χ2n) is 10.8. The van der Waals surface area contributed by atoms with Gasteiger partial charge < -0.3 is 10.3 Å². The number of hydrogen-bond donors (Lipinski definition) is 3. The fraction of sp³-hybridized carbons (Fsp3) is 0.226. The van der Waals surface area contributed by atoms with Gasteiger partial charge in [0, 0.05) is 45.0 Å². The molecule has 9 heteroatoms. The number of benzene rings is 3. The van der Waals surface area contributed by atoms with Gasteiger partial charge in [-0.3, -0.25) is 24.5 Å². The number of ketones is 1. The van der Waals surface area contributed by atoms with Crippen molar-refractivity contribution < 1.29 is 19.2 Å². The Labute approximate surface area is 234 Å². The number of H-pyrrole nitrogens is 1. The molecule has 0 aliphatic carbocycles. The number of carbonyl (C=O) groups excluding carboxylic acids is 4. The maximum atomic E-state index is 14.2. The van der Waals surface area contributed by atoms with Gasteiger partial charge in [0.05, 0.1) is 17.5 Å². The van der Waals surface area contributed by atoms with E-state index < -0.39 is 29.3 Å². The summed E-state index contributed by atoms with van der Waals surface area (Å²) in [5.74, 6) is -3.11. The highest BCUT2D eigenvalue weighted by Gasteiger charge is 2.70. The Morgan fingerprint density at radius 1 is 1.02 bits per heavy atom. The fourth-order valence-corrected chi connectivity index (χ4v) is 7.12. The fourth-order valence-electron chi connectivity index (χ4n) is 6.85. The van der Waals surface area contributed by atoms with Crippen LogP contribution in [0.25, 0.3) is 10.9 Å². The number of anilines is 2. The van der Waals surface area contributed by atoms with Crippen LogP contribution in [0.5, 0.6) is 0 Å². The third kappa shape index (κ3) is 3.29. The minimum atomic E-state index is -1.47. The summed E-state index contributed by atoms with van der Waals surface area (Å²) >= 11 is 6.47. The highest BCUT2D eigenvalue weighted by molar-refractivity contribution is 6.31. The first-order chi connectivity index (χ1) is 19.2. The minimum absolute atomic E-state index is 0.115. The predicted molar refractivity (Wildman–Crippen MR) is 151 cm³/mol. The number of nitrogens with zero attached hydrogens (tertiary/aromatic N) is 1. The van der Waals surface area contributed by atoms with Crippen molar-refractivity contribution in [2.45, 2.75) is 31.8 Å². The van der Waals surface area contributed by atoms with Crippen molar-refractivity contribution in [3.8, 4) is 0 Å². The monoisotopic (exact) mass is 552 g/mol. The van der Waals surface area contributed by atoms with Gasteiger partial charge in [-0.25, -0.2) is 4.90 Å². The molecule has 3 aliphatic rings. The maximum absolute atomic E-state index is 14.2. The number of para-hydroxylation sites is 1. The molecule has 1 spiro atoms. The number of halogens is 1. The molecule has 0 radical (unpaired) electrons. The second-order valence-corrected chi connectivity index (χ2v) is 11.3. The largest absolute Gasteiger partial charge is 0.361 e. The zero-order chi connectivity index (χ0) is 27.9. The molecule has 7 rings (SSSR count). The third-order valence-electron chi connectivity index (χ3n) is 8.63. The van der Waals surface area contributed by atoms with Crippen LogP contribution in [0.2, 0.25) is 5.02 Å². The Balaban J connectivity index is 1.38. The average Bonchev–Trinajstić information content (AvgIpc) is 3.64. The van der Waals surface area contributed by atoms with Gasteiger partial charge in [0.15, 0.2) is 5.78 Å². The first-order valence-electron chi connectivity index (χ1n) is 13.1. The Morgan fingerprint density at radius 3 is 2.52 bits per heavy atom. The van der Waals surface area contributed by atoms with E-state index in [-0.39, 0.29) is 17.6 Å². The molecule has 3 amide bonds. The lowest BCUT2D eigenvalue weighted by atomic mass is 9.76. The predicted octanol–water partition coefficient (Wildman–Crippen LogP) is 4.50. The van der Waals surface area contributed by atoms with Crippen molar-refractivity contribution in [2.75, 3.05) is 10.2 Å². The number of carbonyl (C=O) groups is 4. The molecule has 3 N–H and O–H groups in total. The van der Waals surface area contributed by atoms with Crippen LogP contribution in [0.3, 0.4) is 0 Å². The molecule has 4 atom stereocenters. The average molecular weight is 553 g/mol.